The summed E-state index contributed by atoms with van der Waals surface area (Å²) in [6, 6.07) is 5.88. The molecule has 3 nitrogen and oxygen atoms in total. The van der Waals surface area contributed by atoms with Crippen molar-refractivity contribution in [3.63, 3.8) is 0 Å². The molecule has 2 rings (SSSR count). The number of rotatable bonds is 4. The van der Waals surface area contributed by atoms with Gasteiger partial charge < -0.3 is 11.1 Å². The normalized spacial score (nSPS) is 17.8. The highest BCUT2D eigenvalue weighted by Gasteiger charge is 2.24. The second-order valence-corrected chi connectivity index (χ2v) is 6.55. The van der Waals surface area contributed by atoms with E-state index in [-0.39, 0.29) is 11.9 Å². The molecule has 20 heavy (non-hydrogen) atoms. The zero-order chi connectivity index (χ0) is 14.5. The minimum Gasteiger partial charge on any atom is -0.348 e. The van der Waals surface area contributed by atoms with Crippen LogP contribution in [0, 0.1) is 12.8 Å². The summed E-state index contributed by atoms with van der Waals surface area (Å²) in [5.41, 5.74) is 7.69. The monoisotopic (exact) mass is 338 g/mol. The number of benzene rings is 1. The second-order valence-electron chi connectivity index (χ2n) is 5.70. The lowest BCUT2D eigenvalue weighted by molar-refractivity contribution is 0.0915. The molecule has 0 spiro atoms. The van der Waals surface area contributed by atoms with E-state index in [9.17, 15) is 4.79 Å². The van der Waals surface area contributed by atoms with Crippen LogP contribution in [0.2, 0.25) is 0 Å². The van der Waals surface area contributed by atoms with Gasteiger partial charge in [-0.2, -0.15) is 0 Å². The zero-order valence-corrected chi connectivity index (χ0v) is 13.6. The van der Waals surface area contributed by atoms with Gasteiger partial charge in [-0.3, -0.25) is 4.79 Å². The van der Waals surface area contributed by atoms with E-state index < -0.39 is 0 Å². The summed E-state index contributed by atoms with van der Waals surface area (Å²) < 4.78 is 0.842. The van der Waals surface area contributed by atoms with E-state index in [1.54, 1.807) is 0 Å². The Morgan fingerprint density at radius 3 is 2.70 bits per heavy atom. The number of nitrogens with one attached hydrogen (secondary N) is 1. The zero-order valence-electron chi connectivity index (χ0n) is 12.0. The average Bonchev–Trinajstić information content (AvgIpc) is 2.45. The third-order valence-electron chi connectivity index (χ3n) is 4.16. The summed E-state index contributed by atoms with van der Waals surface area (Å²) >= 11 is 3.46. The maximum atomic E-state index is 12.4. The van der Waals surface area contributed by atoms with E-state index in [4.69, 9.17) is 5.73 Å². The quantitative estimate of drug-likeness (QED) is 0.883. The molecule has 0 radical (unpaired) electrons. The van der Waals surface area contributed by atoms with Gasteiger partial charge in [-0.15, -0.1) is 0 Å². The number of carbonyl (C=O) groups is 1. The largest absolute Gasteiger partial charge is 0.348 e. The first-order valence-electron chi connectivity index (χ1n) is 7.39. The van der Waals surface area contributed by atoms with Crippen molar-refractivity contribution in [1.29, 1.82) is 0 Å². The predicted molar refractivity (Wildman–Crippen MR) is 85.8 cm³/mol. The van der Waals surface area contributed by atoms with Crippen LogP contribution >= 0.6 is 15.9 Å². The maximum absolute atomic E-state index is 12.4. The fourth-order valence-corrected chi connectivity index (χ4v) is 3.63. The Labute approximate surface area is 129 Å². The molecule has 110 valence electrons. The number of carbonyl (C=O) groups excluding carboxylic acids is 1. The fraction of sp³-hybridized carbons (Fsp3) is 0.562. The first kappa shape index (κ1) is 15.5. The maximum Gasteiger partial charge on any atom is 0.252 e. The highest BCUT2D eigenvalue weighted by molar-refractivity contribution is 9.10. The molecule has 0 saturated heterocycles. The standard InChI is InChI=1S/C16H23BrN2O/c1-11-7-8-13(14(17)9-11)16(20)19-15(10-18)12-5-3-2-4-6-12/h7-9,12,15H,2-6,10,18H2,1H3,(H,19,20). The predicted octanol–water partition coefficient (Wildman–Crippen LogP) is 3.39. The van der Waals surface area contributed by atoms with E-state index in [1.807, 2.05) is 25.1 Å². The molecule has 3 N–H and O–H groups in total. The molecule has 0 aromatic heterocycles. The van der Waals surface area contributed by atoms with Crippen molar-refractivity contribution in [2.75, 3.05) is 6.54 Å². The first-order valence-corrected chi connectivity index (χ1v) is 8.18. The van der Waals surface area contributed by atoms with E-state index in [0.717, 1.165) is 10.0 Å². The summed E-state index contributed by atoms with van der Waals surface area (Å²) in [4.78, 5) is 12.4. The van der Waals surface area contributed by atoms with Crippen molar-refractivity contribution in [3.05, 3.63) is 33.8 Å². The summed E-state index contributed by atoms with van der Waals surface area (Å²) in [7, 11) is 0. The Balaban J connectivity index is 2.04. The molecule has 1 amide bonds. The van der Waals surface area contributed by atoms with Crippen molar-refractivity contribution < 1.29 is 4.79 Å². The Hall–Kier alpha value is -0.870. The Kier molecular flexibility index (Phi) is 5.61. The summed E-state index contributed by atoms with van der Waals surface area (Å²) in [5, 5.41) is 3.12. The lowest BCUT2D eigenvalue weighted by Crippen LogP contribution is -2.46. The second kappa shape index (κ2) is 7.23. The van der Waals surface area contributed by atoms with Gasteiger partial charge in [0.1, 0.15) is 0 Å². The minimum atomic E-state index is -0.0297. The van der Waals surface area contributed by atoms with Crippen LogP contribution in [-0.2, 0) is 0 Å². The molecule has 1 atom stereocenters. The molecule has 4 heteroatoms. The fourth-order valence-electron chi connectivity index (χ4n) is 2.96. The lowest BCUT2D eigenvalue weighted by atomic mass is 9.84. The van der Waals surface area contributed by atoms with Crippen molar-refractivity contribution >= 4 is 21.8 Å². The highest BCUT2D eigenvalue weighted by atomic mass is 79.9. The molecule has 1 aromatic carbocycles. The Bertz CT molecular complexity index is 470. The summed E-state index contributed by atoms with van der Waals surface area (Å²) in [5.74, 6) is 0.500. The third-order valence-corrected chi connectivity index (χ3v) is 4.81. The molecule has 1 unspecified atom stereocenters. The third kappa shape index (κ3) is 3.83. The van der Waals surface area contributed by atoms with Crippen LogP contribution in [-0.4, -0.2) is 18.5 Å². The Morgan fingerprint density at radius 1 is 1.40 bits per heavy atom. The van der Waals surface area contributed by atoms with Gasteiger partial charge >= 0.3 is 0 Å². The van der Waals surface area contributed by atoms with Crippen LogP contribution in [0.1, 0.15) is 48.0 Å². The van der Waals surface area contributed by atoms with E-state index in [2.05, 4.69) is 21.2 Å². The van der Waals surface area contributed by atoms with Gasteiger partial charge in [-0.1, -0.05) is 25.3 Å². The van der Waals surface area contributed by atoms with Crippen LogP contribution in [0.3, 0.4) is 0 Å². The van der Waals surface area contributed by atoms with Gasteiger partial charge in [0.25, 0.3) is 5.91 Å². The summed E-state index contributed by atoms with van der Waals surface area (Å²) in [6.07, 6.45) is 6.18. The van der Waals surface area contributed by atoms with Crippen molar-refractivity contribution in [2.24, 2.45) is 11.7 Å². The Morgan fingerprint density at radius 2 is 2.10 bits per heavy atom. The number of amides is 1. The molecule has 1 aromatic rings. The number of hydrogen-bond donors (Lipinski definition) is 2. The molecular weight excluding hydrogens is 316 g/mol. The molecule has 1 fully saturated rings. The van der Waals surface area contributed by atoms with Gasteiger partial charge in [0.2, 0.25) is 0 Å². The molecule has 1 saturated carbocycles. The van der Waals surface area contributed by atoms with Crippen molar-refractivity contribution in [1.82, 2.24) is 5.32 Å². The molecular formula is C16H23BrN2O. The van der Waals surface area contributed by atoms with Crippen LogP contribution in [0.4, 0.5) is 0 Å². The van der Waals surface area contributed by atoms with Gasteiger partial charge in [0.15, 0.2) is 0 Å². The van der Waals surface area contributed by atoms with Gasteiger partial charge in [0, 0.05) is 17.1 Å². The topological polar surface area (TPSA) is 55.1 Å². The first-order chi connectivity index (χ1) is 9.61. The van der Waals surface area contributed by atoms with E-state index in [1.165, 1.54) is 32.1 Å². The number of halogens is 1. The number of aryl methyl sites for hydroxylation is 1. The van der Waals surface area contributed by atoms with Gasteiger partial charge in [-0.25, -0.2) is 0 Å². The van der Waals surface area contributed by atoms with Crippen LogP contribution in [0.5, 0.6) is 0 Å². The highest BCUT2D eigenvalue weighted by Crippen LogP contribution is 2.26. The molecule has 1 aliphatic carbocycles. The van der Waals surface area contributed by atoms with Crippen molar-refractivity contribution in [3.8, 4) is 0 Å². The average molecular weight is 339 g/mol. The van der Waals surface area contributed by atoms with Crippen LogP contribution in [0.15, 0.2) is 22.7 Å². The van der Waals surface area contributed by atoms with E-state index >= 15 is 0 Å². The molecule has 0 bridgehead atoms. The summed E-state index contributed by atoms with van der Waals surface area (Å²) in [6.45, 7) is 2.52. The molecule has 0 aliphatic heterocycles. The van der Waals surface area contributed by atoms with Crippen molar-refractivity contribution in [2.45, 2.75) is 45.1 Å². The smallest absolute Gasteiger partial charge is 0.252 e. The number of hydrogen-bond acceptors (Lipinski definition) is 2. The minimum absolute atomic E-state index is 0.0297. The van der Waals surface area contributed by atoms with Gasteiger partial charge in [0.05, 0.1) is 5.56 Å². The van der Waals surface area contributed by atoms with E-state index in [0.29, 0.717) is 18.0 Å². The molecule has 0 heterocycles. The van der Waals surface area contributed by atoms with Crippen LogP contribution in [0.25, 0.3) is 0 Å². The lowest BCUT2D eigenvalue weighted by Gasteiger charge is -2.30. The molecule has 1 aliphatic rings. The SMILES string of the molecule is Cc1ccc(C(=O)NC(CN)C2CCCCC2)c(Br)c1. The van der Waals surface area contributed by atoms with Gasteiger partial charge in [-0.05, 0) is 59.3 Å². The number of nitrogens with two attached hydrogens (primary N) is 1. The van der Waals surface area contributed by atoms with Crippen LogP contribution < -0.4 is 11.1 Å².